The van der Waals surface area contributed by atoms with Gasteiger partial charge in [0, 0.05) is 45.1 Å². The number of aromatic amines is 1. The molecule has 1 aromatic carbocycles. The van der Waals surface area contributed by atoms with Crippen LogP contribution < -0.4 is 15.8 Å². The average molecular weight is 367 g/mol. The molecule has 0 saturated carbocycles. The highest BCUT2D eigenvalue weighted by molar-refractivity contribution is 5.74. The molecule has 0 spiro atoms. The number of nitrogens with zero attached hydrogens (tertiary/aromatic N) is 3. The summed E-state index contributed by atoms with van der Waals surface area (Å²) >= 11 is 0. The number of amides is 2. The molecule has 7 heteroatoms. The molecule has 0 radical (unpaired) electrons. The van der Waals surface area contributed by atoms with Crippen LogP contribution in [0.3, 0.4) is 0 Å². The molecule has 1 aliphatic carbocycles. The summed E-state index contributed by atoms with van der Waals surface area (Å²) < 4.78 is 0. The van der Waals surface area contributed by atoms with Crippen LogP contribution in [0.1, 0.15) is 29.5 Å². The van der Waals surface area contributed by atoms with E-state index in [1.165, 1.54) is 36.6 Å². The van der Waals surface area contributed by atoms with Crippen LogP contribution in [0.5, 0.6) is 0 Å². The Balaban J connectivity index is 1.30. The van der Waals surface area contributed by atoms with Gasteiger partial charge in [0.15, 0.2) is 5.82 Å². The molecule has 1 fully saturated rings. The van der Waals surface area contributed by atoms with Crippen molar-refractivity contribution in [1.82, 2.24) is 20.2 Å². The number of benzene rings is 1. The number of aromatic nitrogens is 2. The third kappa shape index (κ3) is 3.97. The minimum absolute atomic E-state index is 0.0534. The summed E-state index contributed by atoms with van der Waals surface area (Å²) in [6.45, 7) is 2.91. The van der Waals surface area contributed by atoms with Crippen molar-refractivity contribution in [3.8, 4) is 0 Å². The van der Waals surface area contributed by atoms with Gasteiger partial charge in [-0.05, 0) is 42.4 Å². The first-order valence-corrected chi connectivity index (χ1v) is 9.63. The van der Waals surface area contributed by atoms with Crippen molar-refractivity contribution in [2.24, 2.45) is 0 Å². The number of piperazine rings is 1. The van der Waals surface area contributed by atoms with Gasteiger partial charge in [0.1, 0.15) is 0 Å². The largest absolute Gasteiger partial charge is 0.348 e. The zero-order chi connectivity index (χ0) is 18.6. The Morgan fingerprint density at radius 2 is 1.89 bits per heavy atom. The highest BCUT2D eigenvalue weighted by atomic mass is 16.2. The molecular formula is C20H25N5O2. The molecule has 27 heavy (non-hydrogen) atoms. The van der Waals surface area contributed by atoms with Crippen molar-refractivity contribution in [3.63, 3.8) is 0 Å². The van der Waals surface area contributed by atoms with Gasteiger partial charge in [-0.15, -0.1) is 0 Å². The van der Waals surface area contributed by atoms with E-state index >= 15 is 0 Å². The second-order valence-electron chi connectivity index (χ2n) is 7.18. The normalized spacial score (nSPS) is 16.7. The lowest BCUT2D eigenvalue weighted by Crippen LogP contribution is -2.52. The van der Waals surface area contributed by atoms with E-state index in [-0.39, 0.29) is 11.6 Å². The van der Waals surface area contributed by atoms with E-state index < -0.39 is 0 Å². The van der Waals surface area contributed by atoms with Crippen molar-refractivity contribution in [3.05, 3.63) is 57.6 Å². The van der Waals surface area contributed by atoms with Crippen LogP contribution in [0.4, 0.5) is 10.6 Å². The molecule has 1 aromatic heterocycles. The van der Waals surface area contributed by atoms with Crippen LogP contribution in [-0.4, -0.2) is 47.1 Å². The zero-order valence-corrected chi connectivity index (χ0v) is 15.4. The number of anilines is 1. The third-order valence-electron chi connectivity index (χ3n) is 5.41. The monoisotopic (exact) mass is 367 g/mol. The minimum Gasteiger partial charge on any atom is -0.348 e. The van der Waals surface area contributed by atoms with Gasteiger partial charge < -0.3 is 20.1 Å². The van der Waals surface area contributed by atoms with Gasteiger partial charge in [-0.2, -0.15) is 0 Å². The van der Waals surface area contributed by atoms with Gasteiger partial charge in [0.05, 0.1) is 0 Å². The molecule has 7 nitrogen and oxygen atoms in total. The molecular weight excluding hydrogens is 342 g/mol. The lowest BCUT2D eigenvalue weighted by Gasteiger charge is -2.34. The van der Waals surface area contributed by atoms with Crippen LogP contribution in [0.25, 0.3) is 0 Å². The number of carbonyl (C=O) groups is 1. The number of rotatable bonds is 3. The summed E-state index contributed by atoms with van der Waals surface area (Å²) in [5, 5.41) is 3.03. The number of H-pyrrole nitrogens is 1. The molecule has 0 atom stereocenters. The highest BCUT2D eigenvalue weighted by Crippen LogP contribution is 2.22. The minimum atomic E-state index is -0.192. The Bertz CT molecular complexity index is 871. The van der Waals surface area contributed by atoms with Crippen LogP contribution in [-0.2, 0) is 19.4 Å². The molecule has 1 saturated heterocycles. The van der Waals surface area contributed by atoms with Crippen LogP contribution in [0, 0.1) is 0 Å². The summed E-state index contributed by atoms with van der Waals surface area (Å²) in [6, 6.07) is 6.51. The lowest BCUT2D eigenvalue weighted by molar-refractivity contribution is 0.193. The fourth-order valence-corrected chi connectivity index (χ4v) is 3.88. The van der Waals surface area contributed by atoms with Gasteiger partial charge in [0.25, 0.3) is 5.56 Å². The Labute approximate surface area is 158 Å². The Kier molecular flexibility index (Phi) is 5.09. The quantitative estimate of drug-likeness (QED) is 0.865. The van der Waals surface area contributed by atoms with Crippen LogP contribution in [0.2, 0.25) is 0 Å². The smallest absolute Gasteiger partial charge is 0.317 e. The zero-order valence-electron chi connectivity index (χ0n) is 15.4. The topological polar surface area (TPSA) is 81.3 Å². The van der Waals surface area contributed by atoms with E-state index in [1.807, 2.05) is 4.90 Å². The predicted octanol–water partition coefficient (Wildman–Crippen LogP) is 1.68. The molecule has 2 amide bonds. The maximum absolute atomic E-state index is 12.5. The molecule has 2 N–H and O–H groups in total. The number of carbonyl (C=O) groups excluding carboxylic acids is 1. The first-order chi connectivity index (χ1) is 13.2. The van der Waals surface area contributed by atoms with E-state index in [4.69, 9.17) is 0 Å². The summed E-state index contributed by atoms with van der Waals surface area (Å²) in [5.41, 5.74) is 3.85. The fourth-order valence-electron chi connectivity index (χ4n) is 3.88. The van der Waals surface area contributed by atoms with Crippen LogP contribution >= 0.6 is 0 Å². The molecule has 1 aliphatic heterocycles. The van der Waals surface area contributed by atoms with E-state index in [1.54, 1.807) is 11.1 Å². The van der Waals surface area contributed by atoms with Gasteiger partial charge in [-0.3, -0.25) is 4.79 Å². The third-order valence-corrected chi connectivity index (χ3v) is 5.41. The van der Waals surface area contributed by atoms with Crippen molar-refractivity contribution in [1.29, 1.82) is 0 Å². The number of fused-ring (bicyclic) bond motifs is 1. The van der Waals surface area contributed by atoms with E-state index in [2.05, 4.69) is 33.5 Å². The number of hydrogen-bond acceptors (Lipinski definition) is 4. The van der Waals surface area contributed by atoms with Crippen molar-refractivity contribution in [2.75, 3.05) is 31.1 Å². The maximum atomic E-state index is 12.5. The number of nitrogens with one attached hydrogen (secondary N) is 2. The molecule has 4 rings (SSSR count). The first-order valence-electron chi connectivity index (χ1n) is 9.63. The van der Waals surface area contributed by atoms with E-state index in [9.17, 15) is 9.59 Å². The van der Waals surface area contributed by atoms with Crippen LogP contribution in [0.15, 0.2) is 35.4 Å². The first kappa shape index (κ1) is 17.6. The van der Waals surface area contributed by atoms with Gasteiger partial charge in [-0.1, -0.05) is 18.2 Å². The fraction of sp³-hybridized carbons (Fsp3) is 0.450. The second-order valence-corrected chi connectivity index (χ2v) is 7.18. The van der Waals surface area contributed by atoms with Gasteiger partial charge in [0.2, 0.25) is 0 Å². The summed E-state index contributed by atoms with van der Waals surface area (Å²) in [4.78, 5) is 34.8. The van der Waals surface area contributed by atoms with Crippen molar-refractivity contribution < 1.29 is 4.79 Å². The van der Waals surface area contributed by atoms with E-state index in [0.717, 1.165) is 12.0 Å². The van der Waals surface area contributed by atoms with Gasteiger partial charge in [-0.25, -0.2) is 9.78 Å². The predicted molar refractivity (Wildman–Crippen MR) is 104 cm³/mol. The maximum Gasteiger partial charge on any atom is 0.317 e. The molecule has 2 heterocycles. The highest BCUT2D eigenvalue weighted by Gasteiger charge is 2.23. The summed E-state index contributed by atoms with van der Waals surface area (Å²) in [5.74, 6) is 0.423. The number of urea groups is 1. The van der Waals surface area contributed by atoms with E-state index in [0.29, 0.717) is 38.5 Å². The van der Waals surface area contributed by atoms with Crippen molar-refractivity contribution in [2.45, 2.75) is 32.2 Å². The molecule has 142 valence electrons. The second kappa shape index (κ2) is 7.82. The standard InChI is InChI=1S/C20H25N5O2/c26-19-18(21-7-8-22-19)24-9-11-25(12-10-24)20(27)23-14-15-5-6-16-3-1-2-4-17(16)13-15/h5-8,13H,1-4,9-12,14H2,(H,22,26)(H,23,27). The van der Waals surface area contributed by atoms with Gasteiger partial charge >= 0.3 is 6.03 Å². The average Bonchev–Trinajstić information content (AvgIpc) is 2.72. The SMILES string of the molecule is O=C(NCc1ccc2c(c1)CCCC2)N1CCN(c2ncc[nH]c2=O)CC1. The summed E-state index contributed by atoms with van der Waals surface area (Å²) in [7, 11) is 0. The molecule has 2 aromatic rings. The number of hydrogen-bond donors (Lipinski definition) is 2. The molecule has 0 unspecified atom stereocenters. The Hall–Kier alpha value is -2.83. The number of aryl methyl sites for hydroxylation is 2. The van der Waals surface area contributed by atoms with Crippen molar-refractivity contribution >= 4 is 11.8 Å². The molecule has 2 aliphatic rings. The molecule has 0 bridgehead atoms. The Morgan fingerprint density at radius 1 is 1.11 bits per heavy atom. The summed E-state index contributed by atoms with van der Waals surface area (Å²) in [6.07, 6.45) is 7.95. The Morgan fingerprint density at radius 3 is 2.67 bits per heavy atom. The lowest BCUT2D eigenvalue weighted by atomic mass is 9.90.